The molecule has 6 heteroatoms. The van der Waals surface area contributed by atoms with E-state index >= 15 is 0 Å². The van der Waals surface area contributed by atoms with Crippen molar-refractivity contribution in [1.29, 1.82) is 0 Å². The van der Waals surface area contributed by atoms with E-state index in [1.807, 2.05) is 17.5 Å². The van der Waals surface area contributed by atoms with Crippen LogP contribution in [0.2, 0.25) is 0 Å². The summed E-state index contributed by atoms with van der Waals surface area (Å²) in [5.74, 6) is 1.33. The quantitative estimate of drug-likeness (QED) is 0.713. The van der Waals surface area contributed by atoms with E-state index in [9.17, 15) is 0 Å². The molecule has 0 saturated carbocycles. The molecule has 0 radical (unpaired) electrons. The first-order chi connectivity index (χ1) is 9.74. The van der Waals surface area contributed by atoms with Crippen LogP contribution < -0.4 is 0 Å². The van der Waals surface area contributed by atoms with E-state index in [0.717, 1.165) is 4.88 Å². The Kier molecular flexibility index (Phi) is 3.95. The molecule has 0 aliphatic rings. The maximum absolute atomic E-state index is 5.33. The molecule has 0 aliphatic carbocycles. The maximum atomic E-state index is 5.33. The second-order valence-electron chi connectivity index (χ2n) is 4.60. The van der Waals surface area contributed by atoms with Crippen molar-refractivity contribution in [2.75, 3.05) is 7.05 Å². The average Bonchev–Trinajstić information content (AvgIpc) is 3.19. The lowest BCUT2D eigenvalue weighted by atomic mass is 10.2. The molecule has 0 N–H and O–H groups in total. The molecule has 0 saturated heterocycles. The van der Waals surface area contributed by atoms with E-state index in [4.69, 9.17) is 4.52 Å². The van der Waals surface area contributed by atoms with Crippen molar-refractivity contribution in [3.63, 3.8) is 0 Å². The molecule has 0 aromatic carbocycles. The van der Waals surface area contributed by atoms with Crippen LogP contribution in [0.1, 0.15) is 23.7 Å². The second-order valence-corrected chi connectivity index (χ2v) is 6.52. The summed E-state index contributed by atoms with van der Waals surface area (Å²) in [6, 6.07) is 8.55. The molecule has 0 spiro atoms. The molecule has 0 fully saturated rings. The summed E-state index contributed by atoms with van der Waals surface area (Å²) in [6.45, 7) is 2.83. The summed E-state index contributed by atoms with van der Waals surface area (Å²) in [5, 5.41) is 8.14. The zero-order chi connectivity index (χ0) is 13.9. The third kappa shape index (κ3) is 2.82. The van der Waals surface area contributed by atoms with E-state index in [0.29, 0.717) is 24.3 Å². The average molecular weight is 305 g/mol. The van der Waals surface area contributed by atoms with Crippen molar-refractivity contribution in [2.24, 2.45) is 0 Å². The molecule has 3 rings (SSSR count). The molecule has 20 heavy (non-hydrogen) atoms. The Labute approximate surface area is 125 Å². The van der Waals surface area contributed by atoms with Gasteiger partial charge in [-0.3, -0.25) is 4.90 Å². The summed E-state index contributed by atoms with van der Waals surface area (Å²) in [7, 11) is 2.07. The van der Waals surface area contributed by atoms with Crippen LogP contribution in [0.25, 0.3) is 10.7 Å². The summed E-state index contributed by atoms with van der Waals surface area (Å²) in [4.78, 5) is 9.03. The highest BCUT2D eigenvalue weighted by Gasteiger charge is 2.16. The van der Waals surface area contributed by atoms with Gasteiger partial charge in [-0.1, -0.05) is 17.3 Å². The molecule has 0 amide bonds. The van der Waals surface area contributed by atoms with Gasteiger partial charge < -0.3 is 4.52 Å². The van der Waals surface area contributed by atoms with Crippen molar-refractivity contribution < 1.29 is 4.52 Å². The fourth-order valence-corrected chi connectivity index (χ4v) is 3.42. The highest BCUT2D eigenvalue weighted by Crippen LogP contribution is 2.25. The minimum absolute atomic E-state index is 0.340. The van der Waals surface area contributed by atoms with Crippen molar-refractivity contribution in [3.8, 4) is 10.7 Å². The predicted octanol–water partition coefficient (Wildman–Crippen LogP) is 4.05. The summed E-state index contributed by atoms with van der Waals surface area (Å²) >= 11 is 3.38. The van der Waals surface area contributed by atoms with Gasteiger partial charge in [0.25, 0.3) is 0 Å². The fraction of sp³-hybridized carbons (Fsp3) is 0.286. The largest absolute Gasteiger partial charge is 0.338 e. The van der Waals surface area contributed by atoms with Crippen LogP contribution in [0, 0.1) is 0 Å². The summed E-state index contributed by atoms with van der Waals surface area (Å²) < 4.78 is 5.33. The Morgan fingerprint density at radius 3 is 2.75 bits per heavy atom. The summed E-state index contributed by atoms with van der Waals surface area (Å²) in [6.07, 6.45) is 0. The fourth-order valence-electron chi connectivity index (χ4n) is 1.92. The highest BCUT2D eigenvalue weighted by atomic mass is 32.1. The minimum Gasteiger partial charge on any atom is -0.338 e. The molecular formula is C14H15N3OS2. The van der Waals surface area contributed by atoms with Gasteiger partial charge in [0.2, 0.25) is 11.7 Å². The lowest BCUT2D eigenvalue weighted by Gasteiger charge is -2.21. The highest BCUT2D eigenvalue weighted by molar-refractivity contribution is 7.13. The number of aromatic nitrogens is 2. The van der Waals surface area contributed by atoms with Gasteiger partial charge in [0.15, 0.2) is 0 Å². The van der Waals surface area contributed by atoms with Crippen LogP contribution >= 0.6 is 22.7 Å². The smallest absolute Gasteiger partial charge is 0.241 e. The molecule has 3 aromatic rings. The Bertz CT molecular complexity index is 646. The zero-order valence-electron chi connectivity index (χ0n) is 11.3. The first-order valence-corrected chi connectivity index (χ1v) is 8.10. The van der Waals surface area contributed by atoms with Gasteiger partial charge in [-0.2, -0.15) is 4.98 Å². The van der Waals surface area contributed by atoms with E-state index < -0.39 is 0 Å². The van der Waals surface area contributed by atoms with Gasteiger partial charge in [-0.25, -0.2) is 0 Å². The summed E-state index contributed by atoms with van der Waals surface area (Å²) in [5.41, 5.74) is 0. The number of hydrogen-bond acceptors (Lipinski definition) is 6. The number of hydrogen-bond donors (Lipinski definition) is 0. The Morgan fingerprint density at radius 2 is 2.05 bits per heavy atom. The third-order valence-corrected chi connectivity index (χ3v) is 5.12. The maximum Gasteiger partial charge on any atom is 0.241 e. The minimum atomic E-state index is 0.340. The molecule has 1 atom stereocenters. The van der Waals surface area contributed by atoms with E-state index in [1.54, 1.807) is 22.7 Å². The van der Waals surface area contributed by atoms with Crippen molar-refractivity contribution in [2.45, 2.75) is 19.5 Å². The lowest BCUT2D eigenvalue weighted by molar-refractivity contribution is 0.219. The predicted molar refractivity (Wildman–Crippen MR) is 81.8 cm³/mol. The Hall–Kier alpha value is -1.50. The van der Waals surface area contributed by atoms with Gasteiger partial charge in [0.1, 0.15) is 0 Å². The Morgan fingerprint density at radius 1 is 1.25 bits per heavy atom. The first-order valence-electron chi connectivity index (χ1n) is 6.34. The SMILES string of the molecule is C[C@H](c1cccs1)N(C)Cc1nc(-c2cccs2)no1. The van der Waals surface area contributed by atoms with Crippen LogP contribution in [-0.2, 0) is 6.54 Å². The molecule has 0 bridgehead atoms. The van der Waals surface area contributed by atoms with E-state index in [1.165, 1.54) is 4.88 Å². The number of rotatable bonds is 5. The van der Waals surface area contributed by atoms with Crippen molar-refractivity contribution >= 4 is 22.7 Å². The van der Waals surface area contributed by atoms with Crippen molar-refractivity contribution in [3.05, 3.63) is 45.8 Å². The van der Waals surface area contributed by atoms with Gasteiger partial charge in [-0.05, 0) is 36.9 Å². The van der Waals surface area contributed by atoms with E-state index in [-0.39, 0.29) is 0 Å². The van der Waals surface area contributed by atoms with Gasteiger partial charge in [-0.15, -0.1) is 22.7 Å². The second kappa shape index (κ2) is 5.87. The lowest BCUT2D eigenvalue weighted by Crippen LogP contribution is -2.21. The van der Waals surface area contributed by atoms with Crippen LogP contribution in [-0.4, -0.2) is 22.1 Å². The first kappa shape index (κ1) is 13.5. The van der Waals surface area contributed by atoms with Crippen LogP contribution in [0.5, 0.6) is 0 Å². The standard InChI is InChI=1S/C14H15N3OS2/c1-10(11-5-3-7-19-11)17(2)9-13-15-14(16-18-13)12-6-4-8-20-12/h3-8,10H,9H2,1-2H3/t10-/m1/s1. The molecule has 3 aromatic heterocycles. The number of thiophene rings is 2. The van der Waals surface area contributed by atoms with Gasteiger partial charge in [0.05, 0.1) is 11.4 Å². The topological polar surface area (TPSA) is 42.2 Å². The zero-order valence-corrected chi connectivity index (χ0v) is 12.9. The van der Waals surface area contributed by atoms with E-state index in [2.05, 4.69) is 46.5 Å². The molecule has 104 valence electrons. The van der Waals surface area contributed by atoms with Crippen LogP contribution in [0.15, 0.2) is 39.5 Å². The molecule has 4 nitrogen and oxygen atoms in total. The van der Waals surface area contributed by atoms with Crippen LogP contribution in [0.3, 0.4) is 0 Å². The molecule has 3 heterocycles. The van der Waals surface area contributed by atoms with Gasteiger partial charge >= 0.3 is 0 Å². The monoisotopic (exact) mass is 305 g/mol. The van der Waals surface area contributed by atoms with Crippen molar-refractivity contribution in [1.82, 2.24) is 15.0 Å². The molecular weight excluding hydrogens is 290 g/mol. The van der Waals surface area contributed by atoms with Gasteiger partial charge in [0, 0.05) is 10.9 Å². The Balaban J connectivity index is 1.69. The third-order valence-electron chi connectivity index (χ3n) is 3.21. The molecule has 0 unspecified atom stereocenters. The normalized spacial score (nSPS) is 12.9. The van der Waals surface area contributed by atoms with Crippen LogP contribution in [0.4, 0.5) is 0 Å². The molecule has 0 aliphatic heterocycles. The number of nitrogens with zero attached hydrogens (tertiary/aromatic N) is 3.